The summed E-state index contributed by atoms with van der Waals surface area (Å²) in [6.45, 7) is -0.808. The van der Waals surface area contributed by atoms with Crippen LogP contribution in [0.15, 0.2) is 0 Å². The highest BCUT2D eigenvalue weighted by molar-refractivity contribution is 5.77. The number of carbonyl (C=O) groups is 1. The fourth-order valence-corrected chi connectivity index (χ4v) is 1.39. The van der Waals surface area contributed by atoms with Gasteiger partial charge in [0.05, 0.1) is 6.61 Å². The first-order valence-electron chi connectivity index (χ1n) is 4.61. The maximum Gasteiger partial charge on any atom is 0.338 e. The molecule has 1 aliphatic rings. The molecule has 0 aromatic carbocycles. The highest BCUT2D eigenvalue weighted by atomic mass is 16.6. The molecule has 0 radical (unpaired) electrons. The Balaban J connectivity index is 2.68. The van der Waals surface area contributed by atoms with Gasteiger partial charge in [-0.2, -0.15) is 0 Å². The molecule has 0 aliphatic carbocycles. The predicted octanol–water partition coefficient (Wildman–Crippen LogP) is -4.29. The van der Waals surface area contributed by atoms with Gasteiger partial charge in [-0.1, -0.05) is 0 Å². The van der Waals surface area contributed by atoms with Gasteiger partial charge in [-0.05, 0) is 0 Å². The van der Waals surface area contributed by atoms with Crippen molar-refractivity contribution in [2.24, 2.45) is 0 Å². The first-order valence-corrected chi connectivity index (χ1v) is 4.61. The zero-order chi connectivity index (χ0) is 12.5. The second-order valence-corrected chi connectivity index (χ2v) is 3.57. The van der Waals surface area contributed by atoms with Gasteiger partial charge < -0.3 is 35.4 Å². The van der Waals surface area contributed by atoms with Crippen LogP contribution in [0.2, 0.25) is 0 Å². The van der Waals surface area contributed by atoms with E-state index in [4.69, 9.17) is 15.3 Å². The number of ether oxygens (including phenoxy) is 1. The molecule has 0 aromatic rings. The fourth-order valence-electron chi connectivity index (χ4n) is 1.39. The van der Waals surface area contributed by atoms with Crippen molar-refractivity contribution in [2.45, 2.75) is 36.6 Å². The molecule has 8 nitrogen and oxygen atoms in total. The zero-order valence-electron chi connectivity index (χ0n) is 8.17. The molecule has 0 saturated carbocycles. The van der Waals surface area contributed by atoms with E-state index >= 15 is 0 Å². The summed E-state index contributed by atoms with van der Waals surface area (Å²) in [6.07, 6.45) is -10.3. The number of aliphatic hydroxyl groups is 6. The number of carbonyl (C=O) groups excluding carboxylic acids is 1. The predicted molar refractivity (Wildman–Crippen MR) is 47.0 cm³/mol. The van der Waals surface area contributed by atoms with Crippen LogP contribution in [0.4, 0.5) is 0 Å². The summed E-state index contributed by atoms with van der Waals surface area (Å²) >= 11 is 0. The Hall–Kier alpha value is -0.770. The second kappa shape index (κ2) is 5.04. The van der Waals surface area contributed by atoms with Gasteiger partial charge >= 0.3 is 5.97 Å². The van der Waals surface area contributed by atoms with Crippen molar-refractivity contribution < 1.29 is 40.2 Å². The van der Waals surface area contributed by atoms with Crippen molar-refractivity contribution in [3.63, 3.8) is 0 Å². The lowest BCUT2D eigenvalue weighted by Crippen LogP contribution is -2.50. The highest BCUT2D eigenvalue weighted by Crippen LogP contribution is 2.21. The van der Waals surface area contributed by atoms with Gasteiger partial charge in [0.2, 0.25) is 0 Å². The van der Waals surface area contributed by atoms with Crippen LogP contribution in [0.25, 0.3) is 0 Å². The van der Waals surface area contributed by atoms with Gasteiger partial charge in [-0.3, -0.25) is 0 Å². The van der Waals surface area contributed by atoms with Crippen LogP contribution in [0.1, 0.15) is 0 Å². The summed E-state index contributed by atoms with van der Waals surface area (Å²) in [5.74, 6) is -1.12. The normalized spacial score (nSPS) is 35.6. The molecule has 1 aliphatic heterocycles. The third-order valence-corrected chi connectivity index (χ3v) is 2.42. The third-order valence-electron chi connectivity index (χ3n) is 2.42. The molecule has 1 unspecified atom stereocenters. The molecule has 0 spiro atoms. The van der Waals surface area contributed by atoms with Crippen molar-refractivity contribution in [2.75, 3.05) is 6.61 Å². The van der Waals surface area contributed by atoms with Gasteiger partial charge in [-0.25, -0.2) is 4.79 Å². The number of aliphatic hydroxyl groups excluding tert-OH is 6. The number of rotatable bonds is 4. The monoisotopic (exact) mass is 238 g/mol. The highest BCUT2D eigenvalue weighted by Gasteiger charge is 2.48. The summed E-state index contributed by atoms with van der Waals surface area (Å²) in [5.41, 5.74) is 0. The molecule has 1 fully saturated rings. The maximum absolute atomic E-state index is 10.8. The smallest absolute Gasteiger partial charge is 0.338 e. The van der Waals surface area contributed by atoms with Gasteiger partial charge in [0, 0.05) is 0 Å². The van der Waals surface area contributed by atoms with Crippen LogP contribution in [-0.4, -0.2) is 79.8 Å². The van der Waals surface area contributed by atoms with Crippen LogP contribution in [0.5, 0.6) is 0 Å². The molecule has 1 heterocycles. The van der Waals surface area contributed by atoms with E-state index in [9.17, 15) is 20.1 Å². The van der Waals surface area contributed by atoms with E-state index in [-0.39, 0.29) is 0 Å². The van der Waals surface area contributed by atoms with Gasteiger partial charge in [0.15, 0.2) is 12.2 Å². The maximum atomic E-state index is 10.8. The molecule has 94 valence electrons. The molecule has 0 aromatic heterocycles. The Kier molecular flexibility index (Phi) is 4.19. The van der Waals surface area contributed by atoms with Crippen molar-refractivity contribution >= 4 is 5.97 Å². The van der Waals surface area contributed by atoms with E-state index in [2.05, 4.69) is 4.74 Å². The van der Waals surface area contributed by atoms with Crippen LogP contribution >= 0.6 is 0 Å². The Morgan fingerprint density at radius 3 is 2.19 bits per heavy atom. The molecule has 0 amide bonds. The van der Waals surface area contributed by atoms with Crippen LogP contribution in [-0.2, 0) is 9.53 Å². The molecule has 1 rings (SSSR count). The van der Waals surface area contributed by atoms with E-state index in [0.29, 0.717) is 0 Å². The lowest BCUT2D eigenvalue weighted by molar-refractivity contribution is -0.159. The number of hydrogen-bond donors (Lipinski definition) is 6. The molecule has 6 N–H and O–H groups in total. The lowest BCUT2D eigenvalue weighted by atomic mass is 9.99. The lowest BCUT2D eigenvalue weighted by Gasteiger charge is -2.26. The largest absolute Gasteiger partial charge is 0.455 e. The number of hydrogen-bond acceptors (Lipinski definition) is 8. The third kappa shape index (κ3) is 2.32. The minimum Gasteiger partial charge on any atom is -0.455 e. The Labute approximate surface area is 90.3 Å². The van der Waals surface area contributed by atoms with Crippen molar-refractivity contribution in [1.82, 2.24) is 0 Å². The van der Waals surface area contributed by atoms with E-state index in [1.807, 2.05) is 0 Å². The zero-order valence-corrected chi connectivity index (χ0v) is 8.17. The van der Waals surface area contributed by atoms with Crippen molar-refractivity contribution in [1.29, 1.82) is 0 Å². The Bertz CT molecular complexity index is 256. The quantitative estimate of drug-likeness (QED) is 0.269. The van der Waals surface area contributed by atoms with Crippen LogP contribution < -0.4 is 0 Å². The standard InChI is InChI=1S/C8H14O8/c9-1-2(10)3(11)4(12)7-5(13)6(14)8(15)16-7/h2-7,9-14H,1H2/t2-,3-,4+,5+,6-,7?/m1/s1. The van der Waals surface area contributed by atoms with Crippen molar-refractivity contribution in [3.8, 4) is 0 Å². The molecular formula is C8H14O8. The van der Waals surface area contributed by atoms with E-state index in [0.717, 1.165) is 0 Å². The van der Waals surface area contributed by atoms with E-state index in [1.54, 1.807) is 0 Å². The number of esters is 1. The minimum absolute atomic E-state index is 0.808. The second-order valence-electron chi connectivity index (χ2n) is 3.57. The minimum atomic E-state index is -1.81. The van der Waals surface area contributed by atoms with Crippen LogP contribution in [0, 0.1) is 0 Å². The summed E-state index contributed by atoms with van der Waals surface area (Å²) in [6, 6.07) is 0. The summed E-state index contributed by atoms with van der Waals surface area (Å²) < 4.78 is 4.42. The fraction of sp³-hybridized carbons (Fsp3) is 0.875. The molecule has 16 heavy (non-hydrogen) atoms. The van der Waals surface area contributed by atoms with Gasteiger partial charge in [0.1, 0.15) is 24.4 Å². The SMILES string of the molecule is O=C1OC([C@@H](O)[C@H](O)[C@H](O)CO)[C@@H](O)[C@H]1O. The van der Waals surface area contributed by atoms with Crippen molar-refractivity contribution in [3.05, 3.63) is 0 Å². The molecule has 8 heteroatoms. The first-order chi connectivity index (χ1) is 7.40. The average Bonchev–Trinajstić information content (AvgIpc) is 2.54. The Morgan fingerprint density at radius 1 is 1.25 bits per heavy atom. The van der Waals surface area contributed by atoms with Crippen LogP contribution in [0.3, 0.4) is 0 Å². The molecule has 1 saturated heterocycles. The van der Waals surface area contributed by atoms with Gasteiger partial charge in [-0.15, -0.1) is 0 Å². The van der Waals surface area contributed by atoms with E-state index < -0.39 is 49.2 Å². The first kappa shape index (κ1) is 13.3. The average molecular weight is 238 g/mol. The van der Waals surface area contributed by atoms with E-state index in [1.165, 1.54) is 0 Å². The molecule has 0 bridgehead atoms. The molecule has 6 atom stereocenters. The van der Waals surface area contributed by atoms with Gasteiger partial charge in [0.25, 0.3) is 0 Å². The summed E-state index contributed by atoms with van der Waals surface area (Å²) in [7, 11) is 0. The summed E-state index contributed by atoms with van der Waals surface area (Å²) in [5, 5.41) is 54.6. The topological polar surface area (TPSA) is 148 Å². The summed E-state index contributed by atoms with van der Waals surface area (Å²) in [4.78, 5) is 10.8. The Morgan fingerprint density at radius 2 is 1.81 bits per heavy atom. The number of cyclic esters (lactones) is 1. The molecular weight excluding hydrogens is 224 g/mol.